The van der Waals surface area contributed by atoms with E-state index in [0.717, 1.165) is 12.1 Å². The van der Waals surface area contributed by atoms with Crippen LogP contribution in [0, 0.1) is 6.92 Å². The van der Waals surface area contributed by atoms with Crippen molar-refractivity contribution in [3.63, 3.8) is 0 Å². The summed E-state index contributed by atoms with van der Waals surface area (Å²) in [4.78, 5) is 14.0. The third-order valence-electron chi connectivity index (χ3n) is 2.72. The van der Waals surface area contributed by atoms with Gasteiger partial charge in [0.25, 0.3) is 5.91 Å². The van der Waals surface area contributed by atoms with Crippen LogP contribution in [0.5, 0.6) is 0 Å². The Morgan fingerprint density at radius 1 is 1.35 bits per heavy atom. The number of carbonyl (C=O) groups excluding carboxylic acids is 1. The molecular formula is C14H24ClN3O2. The van der Waals surface area contributed by atoms with Gasteiger partial charge in [-0.05, 0) is 38.7 Å². The molecule has 1 rings (SSSR count). The summed E-state index contributed by atoms with van der Waals surface area (Å²) in [6.07, 6.45) is 0. The first-order valence-electron chi connectivity index (χ1n) is 6.37. The standard InChI is InChI=1S/C14H23N3O2.ClH/c1-11-4-5-12(15)10-13(11)14(18)16-6-8-19-9-7-17(2)3;/h4-5,10H,6-9,15H2,1-3H3,(H,16,18);1H. The summed E-state index contributed by atoms with van der Waals surface area (Å²) in [5, 5.41) is 2.82. The highest BCUT2D eigenvalue weighted by Crippen LogP contribution is 2.12. The average Bonchev–Trinajstić information content (AvgIpc) is 2.36. The first-order valence-corrected chi connectivity index (χ1v) is 6.37. The number of hydrogen-bond acceptors (Lipinski definition) is 4. The molecule has 20 heavy (non-hydrogen) atoms. The number of carbonyl (C=O) groups is 1. The second kappa shape index (κ2) is 9.58. The van der Waals surface area contributed by atoms with Crippen molar-refractivity contribution in [2.75, 3.05) is 46.1 Å². The Morgan fingerprint density at radius 3 is 2.70 bits per heavy atom. The Labute approximate surface area is 126 Å². The predicted molar refractivity (Wildman–Crippen MR) is 84.5 cm³/mol. The Bertz CT molecular complexity index is 425. The van der Waals surface area contributed by atoms with E-state index in [9.17, 15) is 4.79 Å². The summed E-state index contributed by atoms with van der Waals surface area (Å²) in [7, 11) is 3.99. The van der Waals surface area contributed by atoms with Gasteiger partial charge < -0.3 is 20.7 Å². The fourth-order valence-corrected chi connectivity index (χ4v) is 1.57. The van der Waals surface area contributed by atoms with Crippen LogP contribution in [0.25, 0.3) is 0 Å². The zero-order chi connectivity index (χ0) is 14.3. The van der Waals surface area contributed by atoms with Gasteiger partial charge in [-0.3, -0.25) is 4.79 Å². The third-order valence-corrected chi connectivity index (χ3v) is 2.72. The van der Waals surface area contributed by atoms with Gasteiger partial charge in [-0.25, -0.2) is 0 Å². The Kier molecular flexibility index (Phi) is 8.96. The zero-order valence-corrected chi connectivity index (χ0v) is 13.1. The van der Waals surface area contributed by atoms with Crippen LogP contribution in [0.15, 0.2) is 18.2 Å². The molecular weight excluding hydrogens is 278 g/mol. The van der Waals surface area contributed by atoms with Crippen molar-refractivity contribution < 1.29 is 9.53 Å². The monoisotopic (exact) mass is 301 g/mol. The lowest BCUT2D eigenvalue weighted by atomic mass is 10.1. The first kappa shape index (κ1) is 18.7. The molecule has 0 atom stereocenters. The number of benzene rings is 1. The number of nitrogen functional groups attached to an aromatic ring is 1. The smallest absolute Gasteiger partial charge is 0.251 e. The first-order chi connectivity index (χ1) is 9.00. The highest BCUT2D eigenvalue weighted by atomic mass is 35.5. The quantitative estimate of drug-likeness (QED) is 0.588. The summed E-state index contributed by atoms with van der Waals surface area (Å²) in [6.45, 7) is 4.45. The fraction of sp³-hybridized carbons (Fsp3) is 0.500. The average molecular weight is 302 g/mol. The second-order valence-electron chi connectivity index (χ2n) is 4.75. The highest BCUT2D eigenvalue weighted by Gasteiger charge is 2.08. The van der Waals surface area contributed by atoms with E-state index in [1.165, 1.54) is 0 Å². The van der Waals surface area contributed by atoms with Crippen molar-refractivity contribution in [3.05, 3.63) is 29.3 Å². The van der Waals surface area contributed by atoms with Gasteiger partial charge in [-0.15, -0.1) is 12.4 Å². The van der Waals surface area contributed by atoms with Gasteiger partial charge in [0.15, 0.2) is 0 Å². The van der Waals surface area contributed by atoms with Crippen LogP contribution in [-0.2, 0) is 4.74 Å². The maximum absolute atomic E-state index is 11.9. The Balaban J connectivity index is 0.00000361. The fourth-order valence-electron chi connectivity index (χ4n) is 1.57. The summed E-state index contributed by atoms with van der Waals surface area (Å²) >= 11 is 0. The maximum atomic E-state index is 11.9. The van der Waals surface area contributed by atoms with E-state index in [1.54, 1.807) is 12.1 Å². The summed E-state index contributed by atoms with van der Waals surface area (Å²) in [5.74, 6) is -0.110. The highest BCUT2D eigenvalue weighted by molar-refractivity contribution is 5.96. The van der Waals surface area contributed by atoms with Gasteiger partial charge in [0, 0.05) is 24.3 Å². The molecule has 0 aliphatic rings. The normalized spacial score (nSPS) is 10.2. The van der Waals surface area contributed by atoms with E-state index < -0.39 is 0 Å². The number of nitrogens with one attached hydrogen (secondary N) is 1. The van der Waals surface area contributed by atoms with Crippen LogP contribution < -0.4 is 11.1 Å². The number of rotatable bonds is 7. The number of hydrogen-bond donors (Lipinski definition) is 2. The lowest BCUT2D eigenvalue weighted by molar-refractivity contribution is 0.0899. The number of likely N-dealkylation sites (N-methyl/N-ethyl adjacent to an activating group) is 1. The molecule has 0 aliphatic carbocycles. The molecule has 6 heteroatoms. The molecule has 0 unspecified atom stereocenters. The molecule has 1 aromatic carbocycles. The van der Waals surface area contributed by atoms with Gasteiger partial charge >= 0.3 is 0 Å². The van der Waals surface area contributed by atoms with E-state index in [4.69, 9.17) is 10.5 Å². The molecule has 0 saturated heterocycles. The van der Waals surface area contributed by atoms with Gasteiger partial charge in [0.05, 0.1) is 13.2 Å². The van der Waals surface area contributed by atoms with Crippen LogP contribution in [0.2, 0.25) is 0 Å². The molecule has 0 saturated carbocycles. The van der Waals surface area contributed by atoms with Crippen LogP contribution in [0.4, 0.5) is 5.69 Å². The van der Waals surface area contributed by atoms with Crippen molar-refractivity contribution in [1.29, 1.82) is 0 Å². The molecule has 1 aromatic rings. The molecule has 0 radical (unpaired) electrons. The Morgan fingerprint density at radius 2 is 2.05 bits per heavy atom. The predicted octanol–water partition coefficient (Wildman–Crippen LogP) is 1.31. The number of nitrogens with zero attached hydrogens (tertiary/aromatic N) is 1. The number of halogens is 1. The van der Waals surface area contributed by atoms with E-state index in [-0.39, 0.29) is 18.3 Å². The van der Waals surface area contributed by atoms with E-state index >= 15 is 0 Å². The van der Waals surface area contributed by atoms with Crippen molar-refractivity contribution in [3.8, 4) is 0 Å². The topological polar surface area (TPSA) is 67.6 Å². The van der Waals surface area contributed by atoms with E-state index in [2.05, 4.69) is 10.2 Å². The summed E-state index contributed by atoms with van der Waals surface area (Å²) in [5.41, 5.74) is 7.81. The number of aryl methyl sites for hydroxylation is 1. The minimum absolute atomic E-state index is 0. The lowest BCUT2D eigenvalue weighted by Crippen LogP contribution is -2.29. The van der Waals surface area contributed by atoms with Crippen molar-refractivity contribution in [2.24, 2.45) is 0 Å². The molecule has 114 valence electrons. The number of ether oxygens (including phenoxy) is 1. The van der Waals surface area contributed by atoms with Gasteiger partial charge in [0.2, 0.25) is 0 Å². The van der Waals surface area contributed by atoms with Crippen LogP contribution >= 0.6 is 12.4 Å². The maximum Gasteiger partial charge on any atom is 0.251 e. The van der Waals surface area contributed by atoms with Gasteiger partial charge in [0.1, 0.15) is 0 Å². The van der Waals surface area contributed by atoms with Crippen LogP contribution in [-0.4, -0.2) is 51.2 Å². The van der Waals surface area contributed by atoms with Gasteiger partial charge in [-0.1, -0.05) is 6.07 Å². The second-order valence-corrected chi connectivity index (χ2v) is 4.75. The van der Waals surface area contributed by atoms with E-state index in [0.29, 0.717) is 31.0 Å². The molecule has 0 fully saturated rings. The Hall–Kier alpha value is -1.30. The number of amides is 1. The van der Waals surface area contributed by atoms with Crippen LogP contribution in [0.1, 0.15) is 15.9 Å². The van der Waals surface area contributed by atoms with Crippen molar-refractivity contribution in [2.45, 2.75) is 6.92 Å². The summed E-state index contributed by atoms with van der Waals surface area (Å²) in [6, 6.07) is 5.33. The molecule has 3 N–H and O–H groups in total. The SMILES string of the molecule is Cc1ccc(N)cc1C(=O)NCCOCCN(C)C.Cl. The molecule has 0 bridgehead atoms. The third kappa shape index (κ3) is 6.75. The molecule has 1 amide bonds. The molecule has 0 heterocycles. The van der Waals surface area contributed by atoms with E-state index in [1.807, 2.05) is 27.1 Å². The lowest BCUT2D eigenvalue weighted by Gasteiger charge is -2.11. The minimum atomic E-state index is -0.110. The van der Waals surface area contributed by atoms with Crippen molar-refractivity contribution in [1.82, 2.24) is 10.2 Å². The number of nitrogens with two attached hydrogens (primary N) is 1. The van der Waals surface area contributed by atoms with Crippen molar-refractivity contribution >= 4 is 24.0 Å². The summed E-state index contributed by atoms with van der Waals surface area (Å²) < 4.78 is 5.40. The molecule has 5 nitrogen and oxygen atoms in total. The van der Waals surface area contributed by atoms with Gasteiger partial charge in [-0.2, -0.15) is 0 Å². The number of anilines is 1. The molecule has 0 aromatic heterocycles. The largest absolute Gasteiger partial charge is 0.399 e. The molecule has 0 aliphatic heterocycles. The van der Waals surface area contributed by atoms with Crippen LogP contribution in [0.3, 0.4) is 0 Å². The zero-order valence-electron chi connectivity index (χ0n) is 12.3. The molecule has 0 spiro atoms. The minimum Gasteiger partial charge on any atom is -0.399 e.